The summed E-state index contributed by atoms with van der Waals surface area (Å²) in [4.78, 5) is 20.8. The number of non-ortho nitro benzene ring substituents is 1. The van der Waals surface area contributed by atoms with Crippen LogP contribution in [-0.4, -0.2) is 20.4 Å². The quantitative estimate of drug-likeness (QED) is 0.650. The third kappa shape index (κ3) is 1.72. The number of hydrogen-bond donors (Lipinski definition) is 1. The lowest BCUT2D eigenvalue weighted by molar-refractivity contribution is -0.382. The van der Waals surface area contributed by atoms with Crippen LogP contribution < -0.4 is 0 Å². The molecule has 2 aromatic rings. The van der Waals surface area contributed by atoms with Crippen molar-refractivity contribution in [3.8, 4) is 0 Å². The van der Waals surface area contributed by atoms with E-state index in [1.165, 1.54) is 12.1 Å². The molecule has 0 amide bonds. The Morgan fingerprint density at radius 1 is 1.56 bits per heavy atom. The third-order valence-corrected chi connectivity index (χ3v) is 2.99. The number of carboxylic acids is 1. The van der Waals surface area contributed by atoms with Crippen LogP contribution in [0.15, 0.2) is 18.2 Å². The molecular weight excluding hydrogens is 232 g/mol. The summed E-state index contributed by atoms with van der Waals surface area (Å²) >= 11 is 0.956. The van der Waals surface area contributed by atoms with Gasteiger partial charge in [0.15, 0.2) is 0 Å². The first-order chi connectivity index (χ1) is 7.59. The SMILES string of the molecule is O=C(O)Cc1nsc2c([N+](=O)[O-])cccc12. The minimum atomic E-state index is -1.00. The number of nitro groups is 1. The van der Waals surface area contributed by atoms with Gasteiger partial charge in [-0.25, -0.2) is 0 Å². The molecule has 0 radical (unpaired) electrons. The number of carbonyl (C=O) groups is 1. The second-order valence-electron chi connectivity index (χ2n) is 3.11. The molecule has 0 aliphatic heterocycles. The number of hydrogen-bond acceptors (Lipinski definition) is 5. The number of nitro benzene ring substituents is 1. The molecule has 0 bridgehead atoms. The maximum absolute atomic E-state index is 10.7. The minimum absolute atomic E-state index is 0.0355. The molecule has 2 rings (SSSR count). The summed E-state index contributed by atoms with van der Waals surface area (Å²) in [6.45, 7) is 0. The summed E-state index contributed by atoms with van der Waals surface area (Å²) in [7, 11) is 0. The van der Waals surface area contributed by atoms with E-state index in [1.807, 2.05) is 0 Å². The molecule has 0 saturated heterocycles. The Bertz CT molecular complexity index is 578. The summed E-state index contributed by atoms with van der Waals surface area (Å²) in [5.74, 6) is -1.00. The van der Waals surface area contributed by atoms with Crippen molar-refractivity contribution in [1.29, 1.82) is 0 Å². The first kappa shape index (κ1) is 10.5. The maximum Gasteiger partial charge on any atom is 0.309 e. The topological polar surface area (TPSA) is 93.3 Å². The van der Waals surface area contributed by atoms with E-state index in [1.54, 1.807) is 6.07 Å². The average molecular weight is 238 g/mol. The van der Waals surface area contributed by atoms with Gasteiger partial charge >= 0.3 is 5.97 Å². The standard InChI is InChI=1S/C9H6N2O4S/c12-8(13)4-6-5-2-1-3-7(11(14)15)9(5)16-10-6/h1-3H,4H2,(H,12,13). The van der Waals surface area contributed by atoms with Crippen LogP contribution in [0.4, 0.5) is 5.69 Å². The second-order valence-corrected chi connectivity index (χ2v) is 3.88. The lowest BCUT2D eigenvalue weighted by atomic mass is 10.1. The Hall–Kier alpha value is -2.02. The zero-order chi connectivity index (χ0) is 11.7. The van der Waals surface area contributed by atoms with Crippen molar-refractivity contribution in [2.24, 2.45) is 0 Å². The van der Waals surface area contributed by atoms with Crippen LogP contribution >= 0.6 is 11.5 Å². The molecule has 1 N–H and O–H groups in total. The number of fused-ring (bicyclic) bond motifs is 1. The molecule has 0 unspecified atom stereocenters. The highest BCUT2D eigenvalue weighted by atomic mass is 32.1. The number of rotatable bonds is 3. The Kier molecular flexibility index (Phi) is 2.53. The van der Waals surface area contributed by atoms with E-state index < -0.39 is 10.9 Å². The molecule has 6 nitrogen and oxygen atoms in total. The highest BCUT2D eigenvalue weighted by molar-refractivity contribution is 7.14. The average Bonchev–Trinajstić information content (AvgIpc) is 2.60. The number of benzene rings is 1. The Morgan fingerprint density at radius 2 is 2.31 bits per heavy atom. The number of aliphatic carboxylic acids is 1. The van der Waals surface area contributed by atoms with E-state index in [2.05, 4.69) is 4.37 Å². The normalized spacial score (nSPS) is 10.5. The Labute approximate surface area is 93.5 Å². The van der Waals surface area contributed by atoms with E-state index >= 15 is 0 Å². The first-order valence-electron chi connectivity index (χ1n) is 4.33. The molecule has 1 heterocycles. The maximum atomic E-state index is 10.7. The van der Waals surface area contributed by atoms with Gasteiger partial charge in [-0.1, -0.05) is 12.1 Å². The van der Waals surface area contributed by atoms with Gasteiger partial charge in [0.2, 0.25) is 0 Å². The summed E-state index contributed by atoms with van der Waals surface area (Å²) in [5, 5.41) is 19.9. The monoisotopic (exact) mass is 238 g/mol. The van der Waals surface area contributed by atoms with Gasteiger partial charge < -0.3 is 5.11 Å². The molecule has 16 heavy (non-hydrogen) atoms. The van der Waals surface area contributed by atoms with Crippen molar-refractivity contribution in [3.05, 3.63) is 34.0 Å². The first-order valence-corrected chi connectivity index (χ1v) is 5.10. The Morgan fingerprint density at radius 3 is 2.94 bits per heavy atom. The zero-order valence-electron chi connectivity index (χ0n) is 7.91. The number of nitrogens with zero attached hydrogens (tertiary/aromatic N) is 2. The van der Waals surface area contributed by atoms with Gasteiger partial charge in [0.05, 0.1) is 17.0 Å². The molecule has 0 aliphatic carbocycles. The van der Waals surface area contributed by atoms with Crippen LogP contribution in [0.1, 0.15) is 5.69 Å². The van der Waals surface area contributed by atoms with Crippen molar-refractivity contribution in [2.75, 3.05) is 0 Å². The second kappa shape index (κ2) is 3.86. The largest absolute Gasteiger partial charge is 0.481 e. The molecule has 0 atom stereocenters. The van der Waals surface area contributed by atoms with Gasteiger partial charge in [-0.2, -0.15) is 4.37 Å². The van der Waals surface area contributed by atoms with Crippen LogP contribution in [0.5, 0.6) is 0 Å². The van der Waals surface area contributed by atoms with Gasteiger partial charge in [0.1, 0.15) is 4.70 Å². The summed E-state index contributed by atoms with van der Waals surface area (Å²) in [6.07, 6.45) is -0.221. The van der Waals surface area contributed by atoms with Crippen LogP contribution in [-0.2, 0) is 11.2 Å². The fourth-order valence-corrected chi connectivity index (χ4v) is 2.30. The van der Waals surface area contributed by atoms with E-state index in [9.17, 15) is 14.9 Å². The predicted molar refractivity (Wildman–Crippen MR) is 57.6 cm³/mol. The van der Waals surface area contributed by atoms with Gasteiger partial charge in [-0.05, 0) is 11.5 Å². The molecule has 0 aliphatic rings. The smallest absolute Gasteiger partial charge is 0.309 e. The summed E-state index contributed by atoms with van der Waals surface area (Å²) in [6, 6.07) is 4.55. The van der Waals surface area contributed by atoms with Gasteiger partial charge in [-0.15, -0.1) is 0 Å². The fourth-order valence-electron chi connectivity index (χ4n) is 1.41. The number of aromatic nitrogens is 1. The van der Waals surface area contributed by atoms with Crippen LogP contribution in [0.25, 0.3) is 10.1 Å². The summed E-state index contributed by atoms with van der Waals surface area (Å²) in [5.41, 5.74) is 0.336. The molecule has 0 saturated carbocycles. The fraction of sp³-hybridized carbons (Fsp3) is 0.111. The van der Waals surface area contributed by atoms with Crippen molar-refractivity contribution in [3.63, 3.8) is 0 Å². The molecule has 0 spiro atoms. The van der Waals surface area contributed by atoms with E-state index in [4.69, 9.17) is 5.11 Å². The minimum Gasteiger partial charge on any atom is -0.481 e. The third-order valence-electron chi connectivity index (χ3n) is 2.07. The van der Waals surface area contributed by atoms with Crippen molar-refractivity contribution in [2.45, 2.75) is 6.42 Å². The van der Waals surface area contributed by atoms with Crippen LogP contribution in [0.3, 0.4) is 0 Å². The summed E-state index contributed by atoms with van der Waals surface area (Å²) < 4.78 is 4.36. The predicted octanol–water partition coefficient (Wildman–Crippen LogP) is 1.83. The van der Waals surface area contributed by atoms with E-state index in [-0.39, 0.29) is 12.1 Å². The van der Waals surface area contributed by atoms with Crippen molar-refractivity contribution >= 4 is 33.3 Å². The van der Waals surface area contributed by atoms with Gasteiger partial charge in [0.25, 0.3) is 5.69 Å². The lowest BCUT2D eigenvalue weighted by Gasteiger charge is -1.93. The number of carboxylic acid groups (broad SMARTS) is 1. The molecule has 7 heteroatoms. The van der Waals surface area contributed by atoms with Crippen molar-refractivity contribution in [1.82, 2.24) is 4.37 Å². The highest BCUT2D eigenvalue weighted by Crippen LogP contribution is 2.31. The molecule has 1 aromatic heterocycles. The molecule has 1 aromatic carbocycles. The molecule has 82 valence electrons. The highest BCUT2D eigenvalue weighted by Gasteiger charge is 2.17. The molecule has 0 fully saturated rings. The van der Waals surface area contributed by atoms with Gasteiger partial charge in [-0.3, -0.25) is 14.9 Å². The molecular formula is C9H6N2O4S. The van der Waals surface area contributed by atoms with E-state index in [0.29, 0.717) is 15.8 Å². The van der Waals surface area contributed by atoms with Crippen LogP contribution in [0.2, 0.25) is 0 Å². The van der Waals surface area contributed by atoms with E-state index in [0.717, 1.165) is 11.5 Å². The lowest BCUT2D eigenvalue weighted by Crippen LogP contribution is -2.00. The Balaban J connectivity index is 2.61. The van der Waals surface area contributed by atoms with Crippen LogP contribution in [0, 0.1) is 10.1 Å². The zero-order valence-corrected chi connectivity index (χ0v) is 8.73. The van der Waals surface area contributed by atoms with Gasteiger partial charge in [0, 0.05) is 11.5 Å². The van der Waals surface area contributed by atoms with Crippen molar-refractivity contribution < 1.29 is 14.8 Å².